The minimum absolute atomic E-state index is 0.111. The normalized spacial score (nSPS) is 11.9. The second kappa shape index (κ2) is 10.1. The molecule has 0 saturated carbocycles. The van der Waals surface area contributed by atoms with Crippen molar-refractivity contribution in [3.8, 4) is 0 Å². The maximum absolute atomic E-state index is 10.4. The minimum Gasteiger partial charge on any atom is -0.286 e. The van der Waals surface area contributed by atoms with Gasteiger partial charge in [-0.05, 0) is 19.3 Å². The zero-order valence-electron chi connectivity index (χ0n) is 10.3. The molecule has 0 spiro atoms. The molecule has 0 aliphatic heterocycles. The van der Waals surface area contributed by atoms with Gasteiger partial charge in [-0.3, -0.25) is 4.55 Å². The molecule has 0 aliphatic rings. The smallest absolute Gasteiger partial charge is 0.264 e. The lowest BCUT2D eigenvalue weighted by Crippen LogP contribution is -2.03. The van der Waals surface area contributed by atoms with Gasteiger partial charge in [0.15, 0.2) is 0 Å². The SMILES string of the molecule is CCCCCCCC[CH]CCCS(=O)(=O)O. The Morgan fingerprint density at radius 3 is 2.12 bits per heavy atom. The molecule has 0 bridgehead atoms. The molecular weight excluding hydrogens is 224 g/mol. The van der Waals surface area contributed by atoms with E-state index in [1.807, 2.05) is 0 Å². The molecule has 0 aromatic heterocycles. The summed E-state index contributed by atoms with van der Waals surface area (Å²) in [6.07, 6.45) is 12.3. The molecule has 0 unspecified atom stereocenters. The summed E-state index contributed by atoms with van der Waals surface area (Å²) in [6, 6.07) is 0. The van der Waals surface area contributed by atoms with E-state index in [1.165, 1.54) is 38.5 Å². The third-order valence-electron chi connectivity index (χ3n) is 2.57. The summed E-state index contributed by atoms with van der Waals surface area (Å²) in [5.74, 6) is -0.111. The van der Waals surface area contributed by atoms with Crippen LogP contribution in [0.3, 0.4) is 0 Å². The van der Waals surface area contributed by atoms with E-state index in [9.17, 15) is 8.42 Å². The molecule has 1 N–H and O–H groups in total. The van der Waals surface area contributed by atoms with Crippen molar-refractivity contribution in [2.45, 2.75) is 64.7 Å². The summed E-state index contributed by atoms with van der Waals surface area (Å²) in [4.78, 5) is 0. The van der Waals surface area contributed by atoms with Gasteiger partial charge in [0.25, 0.3) is 10.1 Å². The van der Waals surface area contributed by atoms with Crippen molar-refractivity contribution < 1.29 is 13.0 Å². The maximum Gasteiger partial charge on any atom is 0.264 e. The zero-order valence-corrected chi connectivity index (χ0v) is 11.1. The maximum atomic E-state index is 10.4. The number of hydrogen-bond acceptors (Lipinski definition) is 2. The van der Waals surface area contributed by atoms with E-state index in [0.29, 0.717) is 6.42 Å². The Morgan fingerprint density at radius 2 is 1.50 bits per heavy atom. The fourth-order valence-electron chi connectivity index (χ4n) is 1.62. The fourth-order valence-corrected chi connectivity index (χ4v) is 2.15. The lowest BCUT2D eigenvalue weighted by atomic mass is 10.1. The molecule has 0 fully saturated rings. The molecule has 16 heavy (non-hydrogen) atoms. The van der Waals surface area contributed by atoms with Crippen LogP contribution in [0, 0.1) is 6.42 Å². The van der Waals surface area contributed by atoms with Crippen molar-refractivity contribution in [2.75, 3.05) is 5.75 Å². The van der Waals surface area contributed by atoms with Crippen molar-refractivity contribution in [3.05, 3.63) is 6.42 Å². The summed E-state index contributed by atoms with van der Waals surface area (Å²) < 4.78 is 29.3. The van der Waals surface area contributed by atoms with Crippen LogP contribution in [0.1, 0.15) is 64.7 Å². The highest BCUT2D eigenvalue weighted by Gasteiger charge is 2.02. The Hall–Kier alpha value is -0.0900. The third kappa shape index (κ3) is 13.9. The zero-order chi connectivity index (χ0) is 12.3. The molecule has 3 nitrogen and oxygen atoms in total. The molecule has 4 heteroatoms. The van der Waals surface area contributed by atoms with Crippen LogP contribution in [0.4, 0.5) is 0 Å². The van der Waals surface area contributed by atoms with Crippen LogP contribution in [-0.2, 0) is 10.1 Å². The molecule has 0 aromatic carbocycles. The summed E-state index contributed by atoms with van der Waals surface area (Å²) in [5.41, 5.74) is 0. The molecule has 0 heterocycles. The van der Waals surface area contributed by atoms with Gasteiger partial charge < -0.3 is 0 Å². The number of hydrogen-bond donors (Lipinski definition) is 1. The Bertz CT molecular complexity index is 235. The highest BCUT2D eigenvalue weighted by molar-refractivity contribution is 7.85. The number of unbranched alkanes of at least 4 members (excludes halogenated alkanes) is 9. The first-order valence-electron chi connectivity index (χ1n) is 6.33. The molecule has 0 amide bonds. The van der Waals surface area contributed by atoms with Gasteiger partial charge in [-0.15, -0.1) is 0 Å². The molecule has 97 valence electrons. The van der Waals surface area contributed by atoms with Crippen LogP contribution in [0.25, 0.3) is 0 Å². The van der Waals surface area contributed by atoms with Crippen LogP contribution in [-0.4, -0.2) is 18.7 Å². The predicted octanol–water partition coefficient (Wildman–Crippen LogP) is 3.61. The topological polar surface area (TPSA) is 54.4 Å². The van der Waals surface area contributed by atoms with Crippen molar-refractivity contribution in [1.82, 2.24) is 0 Å². The summed E-state index contributed by atoms with van der Waals surface area (Å²) in [5, 5.41) is 0. The van der Waals surface area contributed by atoms with E-state index >= 15 is 0 Å². The first-order chi connectivity index (χ1) is 7.56. The summed E-state index contributed by atoms with van der Waals surface area (Å²) >= 11 is 0. The second-order valence-corrected chi connectivity index (χ2v) is 5.85. The second-order valence-electron chi connectivity index (χ2n) is 4.27. The molecule has 0 saturated heterocycles. The van der Waals surface area contributed by atoms with Crippen molar-refractivity contribution in [3.63, 3.8) is 0 Å². The Labute approximate surface area is 100 Å². The van der Waals surface area contributed by atoms with Gasteiger partial charge in [0.05, 0.1) is 5.75 Å². The fraction of sp³-hybridized carbons (Fsp3) is 0.917. The Morgan fingerprint density at radius 1 is 0.938 bits per heavy atom. The summed E-state index contributed by atoms with van der Waals surface area (Å²) in [7, 11) is -3.75. The van der Waals surface area contributed by atoms with Crippen LogP contribution < -0.4 is 0 Å². The van der Waals surface area contributed by atoms with Gasteiger partial charge in [-0.2, -0.15) is 8.42 Å². The van der Waals surface area contributed by atoms with Crippen molar-refractivity contribution >= 4 is 10.1 Å². The lowest BCUT2D eigenvalue weighted by molar-refractivity contribution is 0.480. The highest BCUT2D eigenvalue weighted by atomic mass is 32.2. The van der Waals surface area contributed by atoms with Gasteiger partial charge in [0.1, 0.15) is 0 Å². The first-order valence-corrected chi connectivity index (χ1v) is 7.94. The minimum atomic E-state index is -3.75. The molecule has 1 radical (unpaired) electrons. The van der Waals surface area contributed by atoms with E-state index < -0.39 is 10.1 Å². The third-order valence-corrected chi connectivity index (χ3v) is 3.38. The average molecular weight is 249 g/mol. The van der Waals surface area contributed by atoms with E-state index in [1.54, 1.807) is 0 Å². The van der Waals surface area contributed by atoms with Gasteiger partial charge in [0, 0.05) is 0 Å². The monoisotopic (exact) mass is 249 g/mol. The van der Waals surface area contributed by atoms with Gasteiger partial charge in [-0.1, -0.05) is 51.9 Å². The lowest BCUT2D eigenvalue weighted by Gasteiger charge is -2.01. The van der Waals surface area contributed by atoms with Gasteiger partial charge in [-0.25, -0.2) is 0 Å². The standard InChI is InChI=1S/C12H25O3S/c1-2-3-4-5-6-7-8-9-10-11-12-16(13,14)15/h9H,2-8,10-12H2,1H3,(H,13,14,15). The van der Waals surface area contributed by atoms with E-state index in [2.05, 4.69) is 13.3 Å². The Balaban J connectivity index is 3.05. The largest absolute Gasteiger partial charge is 0.286 e. The molecule has 0 rings (SSSR count). The van der Waals surface area contributed by atoms with E-state index in [0.717, 1.165) is 12.8 Å². The van der Waals surface area contributed by atoms with Gasteiger partial charge in [0.2, 0.25) is 0 Å². The molecule has 0 aliphatic carbocycles. The Kier molecular flexibility index (Phi) is 10.0. The van der Waals surface area contributed by atoms with Crippen molar-refractivity contribution in [2.24, 2.45) is 0 Å². The number of rotatable bonds is 11. The summed E-state index contributed by atoms with van der Waals surface area (Å²) in [6.45, 7) is 2.21. The van der Waals surface area contributed by atoms with E-state index in [-0.39, 0.29) is 5.75 Å². The van der Waals surface area contributed by atoms with Crippen LogP contribution in [0.5, 0.6) is 0 Å². The molecule has 0 atom stereocenters. The molecule has 0 aromatic rings. The van der Waals surface area contributed by atoms with Crippen LogP contribution in [0.15, 0.2) is 0 Å². The average Bonchev–Trinajstić information content (AvgIpc) is 2.19. The predicted molar refractivity (Wildman–Crippen MR) is 67.9 cm³/mol. The van der Waals surface area contributed by atoms with Crippen LogP contribution >= 0.6 is 0 Å². The first kappa shape index (κ1) is 15.9. The van der Waals surface area contributed by atoms with E-state index in [4.69, 9.17) is 4.55 Å². The van der Waals surface area contributed by atoms with Crippen molar-refractivity contribution in [1.29, 1.82) is 0 Å². The molecular formula is C12H25O3S. The van der Waals surface area contributed by atoms with Gasteiger partial charge >= 0.3 is 0 Å². The quantitative estimate of drug-likeness (QED) is 0.449. The van der Waals surface area contributed by atoms with Crippen LogP contribution in [0.2, 0.25) is 0 Å². The highest BCUT2D eigenvalue weighted by Crippen LogP contribution is 2.09.